The van der Waals surface area contributed by atoms with E-state index in [4.69, 9.17) is 10.00 Å². The quantitative estimate of drug-likeness (QED) is 0.567. The van der Waals surface area contributed by atoms with Gasteiger partial charge in [-0.05, 0) is 43.3 Å². The summed E-state index contributed by atoms with van der Waals surface area (Å²) in [6, 6.07) is 19.9. The van der Waals surface area contributed by atoms with E-state index in [1.807, 2.05) is 43.3 Å². The summed E-state index contributed by atoms with van der Waals surface area (Å²) in [6.45, 7) is 1.63. The van der Waals surface area contributed by atoms with Crippen LogP contribution in [0.25, 0.3) is 16.9 Å². The molecule has 4 rings (SSSR count). The van der Waals surface area contributed by atoms with Gasteiger partial charge in [-0.2, -0.15) is 14.9 Å². The summed E-state index contributed by atoms with van der Waals surface area (Å²) < 4.78 is 7.13. The number of aromatic nitrogens is 4. The van der Waals surface area contributed by atoms with Crippen LogP contribution in [-0.2, 0) is 4.79 Å². The van der Waals surface area contributed by atoms with E-state index in [-0.39, 0.29) is 12.5 Å². The molecule has 8 nitrogen and oxygen atoms in total. The van der Waals surface area contributed by atoms with Crippen LogP contribution in [0.1, 0.15) is 11.4 Å². The van der Waals surface area contributed by atoms with Crippen molar-refractivity contribution >= 4 is 17.2 Å². The van der Waals surface area contributed by atoms with Crippen LogP contribution >= 0.6 is 0 Å². The zero-order chi connectivity index (χ0) is 20.2. The third kappa shape index (κ3) is 3.89. The summed E-state index contributed by atoms with van der Waals surface area (Å²) in [5.41, 5.74) is 3.25. The first kappa shape index (κ1) is 18.1. The number of rotatable bonds is 5. The van der Waals surface area contributed by atoms with E-state index in [9.17, 15) is 4.79 Å². The average molecular weight is 384 g/mol. The molecule has 0 atom stereocenters. The Morgan fingerprint density at radius 1 is 1.14 bits per heavy atom. The fraction of sp³-hybridized carbons (Fsp3) is 0.0952. The summed E-state index contributed by atoms with van der Waals surface area (Å²) in [4.78, 5) is 12.3. The fourth-order valence-electron chi connectivity index (χ4n) is 2.83. The largest absolute Gasteiger partial charge is 0.482 e. The van der Waals surface area contributed by atoms with E-state index in [1.165, 1.54) is 0 Å². The predicted octanol–water partition coefficient (Wildman–Crippen LogP) is 2.99. The SMILES string of the molecule is Cc1nnc2ccc(-c3cccc(NC(=O)COc4ccccc4C#N)c3)nn12. The highest BCUT2D eigenvalue weighted by Gasteiger charge is 2.09. The third-order valence-corrected chi connectivity index (χ3v) is 4.23. The molecule has 2 aromatic carbocycles. The summed E-state index contributed by atoms with van der Waals surface area (Å²) in [5, 5.41) is 24.5. The normalized spacial score (nSPS) is 10.5. The lowest BCUT2D eigenvalue weighted by Gasteiger charge is -2.09. The number of para-hydroxylation sites is 1. The van der Waals surface area contributed by atoms with Gasteiger partial charge in [0.1, 0.15) is 11.8 Å². The van der Waals surface area contributed by atoms with Crippen LogP contribution in [0.4, 0.5) is 5.69 Å². The van der Waals surface area contributed by atoms with Gasteiger partial charge >= 0.3 is 0 Å². The second-order valence-electron chi connectivity index (χ2n) is 6.26. The summed E-state index contributed by atoms with van der Waals surface area (Å²) in [5.74, 6) is 0.745. The van der Waals surface area contributed by atoms with Crippen molar-refractivity contribution in [3.63, 3.8) is 0 Å². The van der Waals surface area contributed by atoms with Crippen molar-refractivity contribution < 1.29 is 9.53 Å². The van der Waals surface area contributed by atoms with Crippen LogP contribution < -0.4 is 10.1 Å². The van der Waals surface area contributed by atoms with Crippen molar-refractivity contribution in [2.75, 3.05) is 11.9 Å². The monoisotopic (exact) mass is 384 g/mol. The molecule has 0 spiro atoms. The van der Waals surface area contributed by atoms with Crippen molar-refractivity contribution in [1.82, 2.24) is 19.8 Å². The molecule has 2 heterocycles. The van der Waals surface area contributed by atoms with E-state index in [1.54, 1.807) is 34.8 Å². The second-order valence-corrected chi connectivity index (χ2v) is 6.26. The van der Waals surface area contributed by atoms with Crippen LogP contribution in [0.3, 0.4) is 0 Å². The Bertz CT molecular complexity index is 1240. The van der Waals surface area contributed by atoms with Gasteiger partial charge in [0.25, 0.3) is 5.91 Å². The molecule has 0 radical (unpaired) electrons. The first-order chi connectivity index (χ1) is 14.1. The van der Waals surface area contributed by atoms with Crippen molar-refractivity contribution in [3.8, 4) is 23.1 Å². The van der Waals surface area contributed by atoms with E-state index < -0.39 is 0 Å². The van der Waals surface area contributed by atoms with Crippen molar-refractivity contribution in [2.24, 2.45) is 0 Å². The zero-order valence-corrected chi connectivity index (χ0v) is 15.5. The smallest absolute Gasteiger partial charge is 0.262 e. The average Bonchev–Trinajstić information content (AvgIpc) is 3.13. The molecule has 1 N–H and O–H groups in total. The van der Waals surface area contributed by atoms with Crippen LogP contribution in [0.5, 0.6) is 5.75 Å². The number of amides is 1. The molecule has 142 valence electrons. The van der Waals surface area contributed by atoms with Gasteiger partial charge in [-0.3, -0.25) is 4.79 Å². The number of nitriles is 1. The summed E-state index contributed by atoms with van der Waals surface area (Å²) in [7, 11) is 0. The van der Waals surface area contributed by atoms with Gasteiger partial charge in [-0.25, -0.2) is 0 Å². The number of ether oxygens (including phenoxy) is 1. The Morgan fingerprint density at radius 2 is 2.00 bits per heavy atom. The molecule has 0 saturated heterocycles. The van der Waals surface area contributed by atoms with Crippen molar-refractivity contribution in [1.29, 1.82) is 5.26 Å². The molecular formula is C21H16N6O2. The molecule has 0 aliphatic rings. The molecule has 0 aliphatic carbocycles. The Hall–Kier alpha value is -4.25. The topological polar surface area (TPSA) is 105 Å². The number of anilines is 1. The summed E-state index contributed by atoms with van der Waals surface area (Å²) in [6.07, 6.45) is 0. The fourth-order valence-corrected chi connectivity index (χ4v) is 2.83. The molecule has 2 aromatic heterocycles. The van der Waals surface area contributed by atoms with Gasteiger partial charge in [0.15, 0.2) is 18.1 Å². The maximum Gasteiger partial charge on any atom is 0.262 e. The lowest BCUT2D eigenvalue weighted by atomic mass is 10.1. The van der Waals surface area contributed by atoms with Crippen LogP contribution in [0, 0.1) is 18.3 Å². The van der Waals surface area contributed by atoms with Gasteiger partial charge in [0.05, 0.1) is 11.3 Å². The van der Waals surface area contributed by atoms with Crippen LogP contribution in [-0.4, -0.2) is 32.3 Å². The molecule has 0 bridgehead atoms. The van der Waals surface area contributed by atoms with E-state index in [0.29, 0.717) is 28.5 Å². The minimum atomic E-state index is -0.326. The molecule has 0 fully saturated rings. The number of carbonyl (C=O) groups excluding carboxylic acids is 1. The number of nitrogens with one attached hydrogen (secondary N) is 1. The number of aryl methyl sites for hydroxylation is 1. The number of hydrogen-bond donors (Lipinski definition) is 1. The summed E-state index contributed by atoms with van der Waals surface area (Å²) >= 11 is 0. The first-order valence-corrected chi connectivity index (χ1v) is 8.85. The highest BCUT2D eigenvalue weighted by Crippen LogP contribution is 2.21. The number of fused-ring (bicyclic) bond motifs is 1. The second kappa shape index (κ2) is 7.78. The standard InChI is InChI=1S/C21H16N6O2/c1-14-24-25-20-10-9-18(26-27(14)20)15-6-4-7-17(11-15)23-21(28)13-29-19-8-3-2-5-16(19)12-22/h2-11H,13H2,1H3,(H,23,28). The molecule has 8 heteroatoms. The van der Waals surface area contributed by atoms with Gasteiger partial charge < -0.3 is 10.1 Å². The minimum absolute atomic E-state index is 0.201. The molecule has 29 heavy (non-hydrogen) atoms. The molecule has 0 aliphatic heterocycles. The van der Waals surface area contributed by atoms with Crippen LogP contribution in [0.2, 0.25) is 0 Å². The number of hydrogen-bond acceptors (Lipinski definition) is 6. The maximum absolute atomic E-state index is 12.3. The molecule has 0 saturated carbocycles. The minimum Gasteiger partial charge on any atom is -0.482 e. The van der Waals surface area contributed by atoms with Gasteiger partial charge in [-0.15, -0.1) is 10.2 Å². The highest BCUT2D eigenvalue weighted by atomic mass is 16.5. The van der Waals surface area contributed by atoms with E-state index in [0.717, 1.165) is 11.3 Å². The van der Waals surface area contributed by atoms with Gasteiger partial charge in [0.2, 0.25) is 0 Å². The molecule has 0 unspecified atom stereocenters. The van der Waals surface area contributed by atoms with Crippen molar-refractivity contribution in [3.05, 3.63) is 72.1 Å². The van der Waals surface area contributed by atoms with E-state index >= 15 is 0 Å². The highest BCUT2D eigenvalue weighted by molar-refractivity contribution is 5.92. The Morgan fingerprint density at radius 3 is 2.86 bits per heavy atom. The Balaban J connectivity index is 1.47. The van der Waals surface area contributed by atoms with Crippen LogP contribution in [0.15, 0.2) is 60.7 Å². The molecule has 4 aromatic rings. The zero-order valence-electron chi connectivity index (χ0n) is 15.5. The first-order valence-electron chi connectivity index (χ1n) is 8.85. The lowest BCUT2D eigenvalue weighted by Crippen LogP contribution is -2.20. The lowest BCUT2D eigenvalue weighted by molar-refractivity contribution is -0.118. The third-order valence-electron chi connectivity index (χ3n) is 4.23. The van der Waals surface area contributed by atoms with Crippen molar-refractivity contribution in [2.45, 2.75) is 6.92 Å². The molecular weight excluding hydrogens is 368 g/mol. The number of benzene rings is 2. The Labute approximate surface area is 166 Å². The Kier molecular flexibility index (Phi) is 4.86. The van der Waals surface area contributed by atoms with Gasteiger partial charge in [-0.1, -0.05) is 24.3 Å². The van der Waals surface area contributed by atoms with Gasteiger partial charge in [0, 0.05) is 11.3 Å². The number of carbonyl (C=O) groups is 1. The number of nitrogens with zero attached hydrogens (tertiary/aromatic N) is 5. The maximum atomic E-state index is 12.3. The molecule has 1 amide bonds. The van der Waals surface area contributed by atoms with E-state index in [2.05, 4.69) is 20.6 Å². The predicted molar refractivity (Wildman–Crippen MR) is 106 cm³/mol.